The van der Waals surface area contributed by atoms with Crippen molar-refractivity contribution in [2.75, 3.05) is 0 Å². The fraction of sp³-hybridized carbons (Fsp3) is 0.300. The molecule has 0 aliphatic rings. The van der Waals surface area contributed by atoms with Crippen molar-refractivity contribution >= 4 is 5.78 Å². The largest absolute Gasteiger partial charge is 0.573 e. The zero-order valence-corrected chi connectivity index (χ0v) is 9.15. The highest BCUT2D eigenvalue weighted by atomic mass is 19.4. The van der Waals surface area contributed by atoms with E-state index in [-0.39, 0.29) is 6.07 Å². The van der Waals surface area contributed by atoms with E-state index in [4.69, 9.17) is 0 Å². The van der Waals surface area contributed by atoms with Gasteiger partial charge in [0, 0.05) is 5.56 Å². The molecule has 0 aliphatic carbocycles. The summed E-state index contributed by atoms with van der Waals surface area (Å²) in [5, 5.41) is 0. The fourth-order valence-corrected chi connectivity index (χ4v) is 1.14. The van der Waals surface area contributed by atoms with E-state index in [0.29, 0.717) is 18.2 Å². The molecular formula is C10H4F8O2. The van der Waals surface area contributed by atoms with Crippen LogP contribution < -0.4 is 4.74 Å². The van der Waals surface area contributed by atoms with Crippen LogP contribution in [0.3, 0.4) is 0 Å². The zero-order valence-electron chi connectivity index (χ0n) is 9.15. The van der Waals surface area contributed by atoms with Gasteiger partial charge < -0.3 is 4.74 Å². The maximum absolute atomic E-state index is 12.7. The van der Waals surface area contributed by atoms with E-state index in [1.54, 1.807) is 0 Å². The number of rotatable bonds is 3. The molecule has 20 heavy (non-hydrogen) atoms. The van der Waals surface area contributed by atoms with Gasteiger partial charge in [-0.15, -0.1) is 13.2 Å². The first-order valence-corrected chi connectivity index (χ1v) is 4.70. The Hall–Kier alpha value is -1.87. The lowest BCUT2D eigenvalue weighted by Crippen LogP contribution is -2.44. The third-order valence-corrected chi connectivity index (χ3v) is 1.97. The van der Waals surface area contributed by atoms with Crippen molar-refractivity contribution in [2.24, 2.45) is 0 Å². The second-order valence-electron chi connectivity index (χ2n) is 3.48. The van der Waals surface area contributed by atoms with Gasteiger partial charge in [0.15, 0.2) is 0 Å². The monoisotopic (exact) mass is 308 g/mol. The third kappa shape index (κ3) is 3.58. The molecule has 0 amide bonds. The summed E-state index contributed by atoms with van der Waals surface area (Å²) in [4.78, 5) is 11.0. The number of benzene rings is 1. The number of carbonyl (C=O) groups excluding carboxylic acids is 1. The van der Waals surface area contributed by atoms with Crippen LogP contribution in [0.25, 0.3) is 0 Å². The molecule has 1 aromatic carbocycles. The lowest BCUT2D eigenvalue weighted by molar-refractivity contribution is -0.274. The van der Waals surface area contributed by atoms with Gasteiger partial charge >= 0.3 is 18.5 Å². The Kier molecular flexibility index (Phi) is 3.97. The molecule has 0 saturated heterocycles. The van der Waals surface area contributed by atoms with Crippen molar-refractivity contribution in [1.82, 2.24) is 0 Å². The summed E-state index contributed by atoms with van der Waals surface area (Å²) >= 11 is 0. The summed E-state index contributed by atoms with van der Waals surface area (Å²) in [7, 11) is 0. The van der Waals surface area contributed by atoms with Crippen LogP contribution >= 0.6 is 0 Å². The number of ether oxygens (including phenoxy) is 1. The van der Waals surface area contributed by atoms with Crippen molar-refractivity contribution in [3.8, 4) is 5.75 Å². The maximum atomic E-state index is 12.7. The molecular weight excluding hydrogens is 304 g/mol. The Labute approximate surface area is 105 Å². The first-order valence-electron chi connectivity index (χ1n) is 4.70. The van der Waals surface area contributed by atoms with Crippen molar-refractivity contribution in [3.05, 3.63) is 29.8 Å². The SMILES string of the molecule is O=C(c1cccc(OC(F)(F)F)c1)C(F)(F)C(F)(F)F. The van der Waals surface area contributed by atoms with Gasteiger partial charge in [0.1, 0.15) is 5.75 Å². The van der Waals surface area contributed by atoms with Crippen molar-refractivity contribution in [1.29, 1.82) is 0 Å². The minimum absolute atomic E-state index is 0.148. The Bertz CT molecular complexity index is 503. The van der Waals surface area contributed by atoms with Crippen LogP contribution in [-0.4, -0.2) is 24.2 Å². The van der Waals surface area contributed by atoms with Gasteiger partial charge in [-0.1, -0.05) is 12.1 Å². The normalized spacial score (nSPS) is 13.2. The summed E-state index contributed by atoms with van der Waals surface area (Å²) in [6, 6.07) is 2.00. The topological polar surface area (TPSA) is 26.3 Å². The molecule has 1 aromatic rings. The summed E-state index contributed by atoms with van der Waals surface area (Å²) in [6.45, 7) is 0. The summed E-state index contributed by atoms with van der Waals surface area (Å²) in [6.07, 6.45) is -11.3. The first-order chi connectivity index (χ1) is 8.84. The third-order valence-electron chi connectivity index (χ3n) is 1.97. The molecule has 0 radical (unpaired) electrons. The molecule has 0 aromatic heterocycles. The Morgan fingerprint density at radius 1 is 0.950 bits per heavy atom. The fourth-order valence-electron chi connectivity index (χ4n) is 1.14. The lowest BCUT2D eigenvalue weighted by Gasteiger charge is -2.18. The number of hydrogen-bond acceptors (Lipinski definition) is 2. The highest BCUT2D eigenvalue weighted by Crippen LogP contribution is 2.38. The minimum atomic E-state index is -6.15. The molecule has 0 spiro atoms. The second kappa shape index (κ2) is 4.91. The highest BCUT2D eigenvalue weighted by Gasteiger charge is 2.63. The minimum Gasteiger partial charge on any atom is -0.406 e. The molecule has 0 fully saturated rings. The smallest absolute Gasteiger partial charge is 0.406 e. The van der Waals surface area contributed by atoms with Crippen LogP contribution in [0.1, 0.15) is 10.4 Å². The molecule has 2 nitrogen and oxygen atoms in total. The van der Waals surface area contributed by atoms with Gasteiger partial charge in [0.05, 0.1) is 0 Å². The van der Waals surface area contributed by atoms with E-state index in [2.05, 4.69) is 4.74 Å². The summed E-state index contributed by atoms with van der Waals surface area (Å²) < 4.78 is 100. The van der Waals surface area contributed by atoms with E-state index in [1.165, 1.54) is 0 Å². The number of hydrogen-bond donors (Lipinski definition) is 0. The predicted octanol–water partition coefficient (Wildman–Crippen LogP) is 3.97. The van der Waals surface area contributed by atoms with Gasteiger partial charge in [-0.25, -0.2) is 0 Å². The van der Waals surface area contributed by atoms with Crippen molar-refractivity contribution in [2.45, 2.75) is 18.5 Å². The summed E-state index contributed by atoms with van der Waals surface area (Å²) in [5.41, 5.74) is -1.26. The molecule has 10 heteroatoms. The summed E-state index contributed by atoms with van der Waals surface area (Å²) in [5.74, 6) is -9.46. The van der Waals surface area contributed by atoms with Crippen LogP contribution in [0.2, 0.25) is 0 Å². The molecule has 0 heterocycles. The predicted molar refractivity (Wildman–Crippen MR) is 48.5 cm³/mol. The van der Waals surface area contributed by atoms with Gasteiger partial charge in [-0.3, -0.25) is 4.79 Å². The number of Topliss-reactive ketones (excluding diaryl/α,β-unsaturated/α-hetero) is 1. The number of alkyl halides is 8. The van der Waals surface area contributed by atoms with E-state index in [1.807, 2.05) is 0 Å². The number of carbonyl (C=O) groups is 1. The Morgan fingerprint density at radius 3 is 1.95 bits per heavy atom. The van der Waals surface area contributed by atoms with Crippen LogP contribution in [-0.2, 0) is 0 Å². The molecule has 112 valence electrons. The Morgan fingerprint density at radius 2 is 1.50 bits per heavy atom. The lowest BCUT2D eigenvalue weighted by atomic mass is 10.0. The molecule has 0 unspecified atom stereocenters. The van der Waals surface area contributed by atoms with E-state index < -0.39 is 35.6 Å². The van der Waals surface area contributed by atoms with Gasteiger partial charge in [-0.2, -0.15) is 22.0 Å². The average molecular weight is 308 g/mol. The molecule has 0 atom stereocenters. The highest BCUT2D eigenvalue weighted by molar-refractivity contribution is 6.02. The first kappa shape index (κ1) is 16.2. The Balaban J connectivity index is 3.10. The molecule has 0 bridgehead atoms. The number of halogens is 8. The molecule has 0 N–H and O–H groups in total. The molecule has 0 saturated carbocycles. The number of ketones is 1. The van der Waals surface area contributed by atoms with Crippen LogP contribution in [0.5, 0.6) is 5.75 Å². The van der Waals surface area contributed by atoms with Crippen LogP contribution in [0.4, 0.5) is 35.1 Å². The van der Waals surface area contributed by atoms with E-state index in [9.17, 15) is 39.9 Å². The maximum Gasteiger partial charge on any atom is 0.573 e. The van der Waals surface area contributed by atoms with Crippen molar-refractivity contribution < 1.29 is 44.7 Å². The quantitative estimate of drug-likeness (QED) is 0.624. The van der Waals surface area contributed by atoms with Gasteiger partial charge in [0.25, 0.3) is 0 Å². The molecule has 0 aliphatic heterocycles. The van der Waals surface area contributed by atoms with Crippen LogP contribution in [0, 0.1) is 0 Å². The van der Waals surface area contributed by atoms with Gasteiger partial charge in [-0.05, 0) is 12.1 Å². The average Bonchev–Trinajstić information content (AvgIpc) is 2.24. The van der Waals surface area contributed by atoms with Crippen LogP contribution in [0.15, 0.2) is 24.3 Å². The van der Waals surface area contributed by atoms with Crippen molar-refractivity contribution in [3.63, 3.8) is 0 Å². The zero-order chi connectivity index (χ0) is 15.8. The molecule has 1 rings (SSSR count). The van der Waals surface area contributed by atoms with Gasteiger partial charge in [0.2, 0.25) is 5.78 Å². The van der Waals surface area contributed by atoms with E-state index in [0.717, 1.165) is 0 Å². The van der Waals surface area contributed by atoms with E-state index >= 15 is 0 Å². The second-order valence-corrected chi connectivity index (χ2v) is 3.48. The standard InChI is InChI=1S/C10H4F8O2/c11-8(12,9(13,14)15)7(19)5-2-1-3-6(4-5)20-10(16,17)18/h1-4H.